The van der Waals surface area contributed by atoms with Gasteiger partial charge in [-0.1, -0.05) is 23.8 Å². The molecule has 1 amide bonds. The number of halogens is 1. The van der Waals surface area contributed by atoms with Gasteiger partial charge in [0, 0.05) is 30.5 Å². The SMILES string of the molecule is Cc1ccc(N(C)C(=O)c2cccc3c2CCCN3)cc1.Cl. The second-order valence-corrected chi connectivity index (χ2v) is 5.56. The van der Waals surface area contributed by atoms with Gasteiger partial charge < -0.3 is 10.2 Å². The summed E-state index contributed by atoms with van der Waals surface area (Å²) in [7, 11) is 1.84. The minimum absolute atomic E-state index is 0. The summed E-state index contributed by atoms with van der Waals surface area (Å²) in [6, 6.07) is 14.0. The van der Waals surface area contributed by atoms with E-state index < -0.39 is 0 Å². The topological polar surface area (TPSA) is 32.3 Å². The minimum Gasteiger partial charge on any atom is -0.385 e. The Morgan fingerprint density at radius 2 is 1.86 bits per heavy atom. The molecule has 0 fully saturated rings. The zero-order valence-electron chi connectivity index (χ0n) is 12.9. The van der Waals surface area contributed by atoms with E-state index in [1.807, 2.05) is 50.4 Å². The summed E-state index contributed by atoms with van der Waals surface area (Å²) in [5, 5.41) is 3.37. The molecule has 4 heteroatoms. The van der Waals surface area contributed by atoms with E-state index in [0.29, 0.717) is 0 Å². The van der Waals surface area contributed by atoms with Crippen LogP contribution in [0.2, 0.25) is 0 Å². The van der Waals surface area contributed by atoms with Crippen molar-refractivity contribution in [2.45, 2.75) is 19.8 Å². The first kappa shape index (κ1) is 16.4. The van der Waals surface area contributed by atoms with Crippen molar-refractivity contribution >= 4 is 29.7 Å². The Bertz CT molecular complexity index is 667. The maximum atomic E-state index is 12.8. The van der Waals surface area contributed by atoms with Crippen LogP contribution in [0, 0.1) is 6.92 Å². The molecule has 1 heterocycles. The number of aryl methyl sites for hydroxylation is 1. The lowest BCUT2D eigenvalue weighted by molar-refractivity contribution is 0.0992. The van der Waals surface area contributed by atoms with Gasteiger partial charge in [0.15, 0.2) is 0 Å². The molecule has 0 saturated carbocycles. The van der Waals surface area contributed by atoms with Crippen LogP contribution >= 0.6 is 12.4 Å². The normalized spacial score (nSPS) is 12.6. The van der Waals surface area contributed by atoms with Crippen LogP contribution in [-0.2, 0) is 6.42 Å². The molecule has 1 N–H and O–H groups in total. The van der Waals surface area contributed by atoms with E-state index in [-0.39, 0.29) is 18.3 Å². The van der Waals surface area contributed by atoms with Crippen molar-refractivity contribution in [3.05, 3.63) is 59.2 Å². The molecule has 0 unspecified atom stereocenters. The van der Waals surface area contributed by atoms with Crippen LogP contribution < -0.4 is 10.2 Å². The van der Waals surface area contributed by atoms with Crippen molar-refractivity contribution in [2.75, 3.05) is 23.8 Å². The highest BCUT2D eigenvalue weighted by Crippen LogP contribution is 2.27. The van der Waals surface area contributed by atoms with Gasteiger partial charge in [-0.3, -0.25) is 4.79 Å². The van der Waals surface area contributed by atoms with Gasteiger partial charge >= 0.3 is 0 Å². The van der Waals surface area contributed by atoms with Gasteiger partial charge in [-0.2, -0.15) is 0 Å². The van der Waals surface area contributed by atoms with E-state index in [0.717, 1.165) is 41.9 Å². The number of fused-ring (bicyclic) bond motifs is 1. The number of carbonyl (C=O) groups excluding carboxylic acids is 1. The van der Waals surface area contributed by atoms with E-state index in [1.165, 1.54) is 5.56 Å². The first-order valence-corrected chi connectivity index (χ1v) is 7.37. The molecule has 0 atom stereocenters. The Morgan fingerprint density at radius 3 is 2.59 bits per heavy atom. The zero-order valence-corrected chi connectivity index (χ0v) is 13.7. The lowest BCUT2D eigenvalue weighted by atomic mass is 9.97. The molecule has 1 aliphatic heterocycles. The molecule has 3 nitrogen and oxygen atoms in total. The van der Waals surface area contributed by atoms with Gasteiger partial charge in [-0.25, -0.2) is 0 Å². The molecule has 1 aliphatic rings. The van der Waals surface area contributed by atoms with Gasteiger partial charge in [0.05, 0.1) is 0 Å². The Balaban J connectivity index is 0.00000176. The smallest absolute Gasteiger partial charge is 0.258 e. The van der Waals surface area contributed by atoms with Crippen molar-refractivity contribution in [2.24, 2.45) is 0 Å². The summed E-state index contributed by atoms with van der Waals surface area (Å²) in [6.07, 6.45) is 2.04. The monoisotopic (exact) mass is 316 g/mol. The molecule has 116 valence electrons. The third-order valence-corrected chi connectivity index (χ3v) is 4.05. The average molecular weight is 317 g/mol. The number of hydrogen-bond acceptors (Lipinski definition) is 2. The Morgan fingerprint density at radius 1 is 1.14 bits per heavy atom. The van der Waals surface area contributed by atoms with Gasteiger partial charge in [-0.15, -0.1) is 12.4 Å². The van der Waals surface area contributed by atoms with Crippen LogP contribution in [0.3, 0.4) is 0 Å². The largest absolute Gasteiger partial charge is 0.385 e. The standard InChI is InChI=1S/C18H20N2O.ClH/c1-13-8-10-14(11-9-13)20(2)18(21)16-5-3-7-17-15(16)6-4-12-19-17;/h3,5,7-11,19H,4,6,12H2,1-2H3;1H. The summed E-state index contributed by atoms with van der Waals surface area (Å²) in [6.45, 7) is 3.03. The second-order valence-electron chi connectivity index (χ2n) is 5.56. The molecule has 22 heavy (non-hydrogen) atoms. The van der Waals surface area contributed by atoms with E-state index >= 15 is 0 Å². The molecule has 0 aromatic heterocycles. The highest BCUT2D eigenvalue weighted by molar-refractivity contribution is 6.07. The predicted octanol–water partition coefficient (Wildman–Crippen LogP) is 4.05. The molecule has 0 bridgehead atoms. The summed E-state index contributed by atoms with van der Waals surface area (Å²) < 4.78 is 0. The molecule has 0 aliphatic carbocycles. The zero-order chi connectivity index (χ0) is 14.8. The van der Waals surface area contributed by atoms with E-state index in [4.69, 9.17) is 0 Å². The number of benzene rings is 2. The highest BCUT2D eigenvalue weighted by Gasteiger charge is 2.20. The fraction of sp³-hybridized carbons (Fsp3) is 0.278. The quantitative estimate of drug-likeness (QED) is 0.906. The summed E-state index contributed by atoms with van der Waals surface area (Å²) in [5.74, 6) is 0.0550. The Hall–Kier alpha value is -2.00. The number of rotatable bonds is 2. The molecule has 3 rings (SSSR count). The molecule has 0 radical (unpaired) electrons. The van der Waals surface area contributed by atoms with Crippen LogP contribution in [0.15, 0.2) is 42.5 Å². The van der Waals surface area contributed by atoms with Crippen molar-refractivity contribution in [3.63, 3.8) is 0 Å². The Labute approximate surface area is 137 Å². The van der Waals surface area contributed by atoms with E-state index in [9.17, 15) is 4.79 Å². The molecule has 2 aromatic carbocycles. The van der Waals surface area contributed by atoms with E-state index in [2.05, 4.69) is 11.4 Å². The molecule has 0 saturated heterocycles. The minimum atomic E-state index is 0. The maximum Gasteiger partial charge on any atom is 0.258 e. The summed E-state index contributed by atoms with van der Waals surface area (Å²) in [5.41, 5.74) is 5.17. The number of anilines is 2. The van der Waals surface area contributed by atoms with Crippen molar-refractivity contribution in [1.82, 2.24) is 0 Å². The van der Waals surface area contributed by atoms with Gasteiger partial charge in [0.1, 0.15) is 0 Å². The number of hydrogen-bond donors (Lipinski definition) is 1. The van der Waals surface area contributed by atoms with Gasteiger partial charge in [0.25, 0.3) is 5.91 Å². The van der Waals surface area contributed by atoms with Crippen LogP contribution in [-0.4, -0.2) is 19.5 Å². The molecular weight excluding hydrogens is 296 g/mol. The van der Waals surface area contributed by atoms with Crippen LogP contribution in [0.1, 0.15) is 27.9 Å². The number of nitrogens with one attached hydrogen (secondary N) is 1. The molecule has 0 spiro atoms. The number of carbonyl (C=O) groups is 1. The van der Waals surface area contributed by atoms with Crippen molar-refractivity contribution in [3.8, 4) is 0 Å². The summed E-state index contributed by atoms with van der Waals surface area (Å²) >= 11 is 0. The predicted molar refractivity (Wildman–Crippen MR) is 94.4 cm³/mol. The summed E-state index contributed by atoms with van der Waals surface area (Å²) in [4.78, 5) is 14.5. The maximum absolute atomic E-state index is 12.8. The van der Waals surface area contributed by atoms with Crippen molar-refractivity contribution < 1.29 is 4.79 Å². The first-order valence-electron chi connectivity index (χ1n) is 7.37. The van der Waals surface area contributed by atoms with Crippen LogP contribution in [0.5, 0.6) is 0 Å². The third kappa shape index (κ3) is 3.09. The van der Waals surface area contributed by atoms with Gasteiger partial charge in [-0.05, 0) is 49.6 Å². The molecule has 2 aromatic rings. The third-order valence-electron chi connectivity index (χ3n) is 4.05. The first-order chi connectivity index (χ1) is 10.2. The van der Waals surface area contributed by atoms with E-state index in [1.54, 1.807) is 4.90 Å². The lowest BCUT2D eigenvalue weighted by Crippen LogP contribution is -2.28. The average Bonchev–Trinajstić information content (AvgIpc) is 2.53. The second kappa shape index (κ2) is 6.84. The van der Waals surface area contributed by atoms with Crippen molar-refractivity contribution in [1.29, 1.82) is 0 Å². The number of amides is 1. The van der Waals surface area contributed by atoms with Gasteiger partial charge in [0.2, 0.25) is 0 Å². The fourth-order valence-electron chi connectivity index (χ4n) is 2.78. The Kier molecular flexibility index (Phi) is 5.09. The fourth-order valence-corrected chi connectivity index (χ4v) is 2.78. The molecular formula is C18H21ClN2O. The lowest BCUT2D eigenvalue weighted by Gasteiger charge is -2.23. The highest BCUT2D eigenvalue weighted by atomic mass is 35.5. The van der Waals surface area contributed by atoms with Crippen LogP contribution in [0.25, 0.3) is 0 Å². The number of nitrogens with zero attached hydrogens (tertiary/aromatic N) is 1. The van der Waals surface area contributed by atoms with Crippen LogP contribution in [0.4, 0.5) is 11.4 Å².